The largest absolute Gasteiger partial charge is 0.504 e. The molecular weight excluding hydrogens is 444 g/mol. The van der Waals surface area contributed by atoms with Crippen LogP contribution in [0.15, 0.2) is 30.6 Å². The third-order valence-corrected chi connectivity index (χ3v) is 5.78. The van der Waals surface area contributed by atoms with Crippen LogP contribution in [0.3, 0.4) is 0 Å². The molecular formula is C21H18O12. The van der Waals surface area contributed by atoms with Crippen molar-refractivity contribution in [2.24, 2.45) is 0 Å². The summed E-state index contributed by atoms with van der Waals surface area (Å²) in [6, 6.07) is 2.22. The van der Waals surface area contributed by atoms with Crippen LogP contribution in [0.2, 0.25) is 0 Å². The van der Waals surface area contributed by atoms with Crippen molar-refractivity contribution in [3.05, 3.63) is 33.0 Å². The second kappa shape index (κ2) is 7.22. The predicted octanol–water partition coefficient (Wildman–Crippen LogP) is 0.116. The van der Waals surface area contributed by atoms with Gasteiger partial charge >= 0.3 is 11.3 Å². The van der Waals surface area contributed by atoms with Gasteiger partial charge < -0.3 is 48.6 Å². The summed E-state index contributed by atoms with van der Waals surface area (Å²) in [6.45, 7) is 1.46. The summed E-state index contributed by atoms with van der Waals surface area (Å²) in [5.41, 5.74) is -2.59. The van der Waals surface area contributed by atoms with Crippen molar-refractivity contribution >= 4 is 32.7 Å². The summed E-state index contributed by atoms with van der Waals surface area (Å²) in [5, 5.41) is 50.3. The van der Waals surface area contributed by atoms with Crippen LogP contribution in [-0.4, -0.2) is 63.3 Å². The lowest BCUT2D eigenvalue weighted by Crippen LogP contribution is -2.58. The maximum Gasteiger partial charge on any atom is 0.344 e. The lowest BCUT2D eigenvalue weighted by atomic mass is 9.99. The monoisotopic (exact) mass is 462 g/mol. The zero-order valence-electron chi connectivity index (χ0n) is 17.1. The fraction of sp³-hybridized carbons (Fsp3) is 0.333. The SMILES string of the molecule is COc1cc2c(=O)oc3c(O)c(O)cc4c(=O)oc(c1OC1OC(C)C(O)C(O)C1O)c2c34. The van der Waals surface area contributed by atoms with Crippen molar-refractivity contribution in [2.75, 3.05) is 7.11 Å². The second-order valence-electron chi connectivity index (χ2n) is 7.73. The third kappa shape index (κ3) is 2.92. The molecule has 1 saturated heterocycles. The molecule has 0 bridgehead atoms. The maximum atomic E-state index is 12.7. The number of hydrogen-bond acceptors (Lipinski definition) is 12. The van der Waals surface area contributed by atoms with E-state index in [1.54, 1.807) is 0 Å². The van der Waals surface area contributed by atoms with Crippen LogP contribution < -0.4 is 20.7 Å². The van der Waals surface area contributed by atoms with E-state index in [2.05, 4.69) is 0 Å². The highest BCUT2D eigenvalue weighted by atomic mass is 16.7. The van der Waals surface area contributed by atoms with Gasteiger partial charge in [-0.1, -0.05) is 0 Å². The van der Waals surface area contributed by atoms with E-state index >= 15 is 0 Å². The highest BCUT2D eigenvalue weighted by molar-refractivity contribution is 6.22. The molecule has 0 radical (unpaired) electrons. The molecule has 12 heteroatoms. The van der Waals surface area contributed by atoms with Gasteiger partial charge in [0, 0.05) is 10.8 Å². The minimum atomic E-state index is -1.68. The molecule has 12 nitrogen and oxygen atoms in total. The highest BCUT2D eigenvalue weighted by Crippen LogP contribution is 2.46. The van der Waals surface area contributed by atoms with Crippen molar-refractivity contribution in [1.29, 1.82) is 0 Å². The van der Waals surface area contributed by atoms with Gasteiger partial charge in [-0.05, 0) is 19.1 Å². The standard InChI is InChI=1S/C21H18O12/c1-5-12(23)14(25)15(26)21(30-5)33-16-9(29-2)4-7-11-10-6(19(27)32-18(11)16)3-8(22)13(24)17(10)31-20(7)28/h3-5,12,14-15,21-26H,1-2H3. The Morgan fingerprint density at radius 3 is 2.15 bits per heavy atom. The first kappa shape index (κ1) is 21.3. The first-order valence-corrected chi connectivity index (χ1v) is 9.79. The molecule has 0 aliphatic carbocycles. The van der Waals surface area contributed by atoms with Crippen LogP contribution >= 0.6 is 0 Å². The summed E-state index contributed by atoms with van der Waals surface area (Å²) in [6.07, 6.45) is -7.08. The van der Waals surface area contributed by atoms with E-state index in [1.165, 1.54) is 20.1 Å². The first-order valence-electron chi connectivity index (χ1n) is 9.79. The van der Waals surface area contributed by atoms with Gasteiger partial charge in [0.2, 0.25) is 17.8 Å². The summed E-state index contributed by atoms with van der Waals surface area (Å²) in [4.78, 5) is 25.4. The maximum absolute atomic E-state index is 12.7. The number of aromatic hydroxyl groups is 2. The Labute approximate surface area is 182 Å². The molecule has 2 aromatic heterocycles. The molecule has 5 atom stereocenters. The van der Waals surface area contributed by atoms with Gasteiger partial charge in [-0.3, -0.25) is 0 Å². The number of phenols is 2. The van der Waals surface area contributed by atoms with E-state index < -0.39 is 59.0 Å². The number of benzene rings is 2. The first-order chi connectivity index (χ1) is 15.6. The number of hydrogen-bond donors (Lipinski definition) is 5. The van der Waals surface area contributed by atoms with E-state index in [0.717, 1.165) is 6.07 Å². The Balaban J connectivity index is 1.83. The van der Waals surface area contributed by atoms with Crippen LogP contribution in [0.25, 0.3) is 32.7 Å². The zero-order valence-corrected chi connectivity index (χ0v) is 17.1. The van der Waals surface area contributed by atoms with Crippen molar-refractivity contribution in [1.82, 2.24) is 0 Å². The topological polar surface area (TPSA) is 189 Å². The number of aliphatic hydroxyl groups is 3. The molecule has 5 N–H and O–H groups in total. The van der Waals surface area contributed by atoms with Crippen molar-refractivity contribution in [3.8, 4) is 23.0 Å². The molecule has 0 saturated carbocycles. The number of aliphatic hydroxyl groups excluding tert-OH is 3. The van der Waals surface area contributed by atoms with Crippen LogP contribution in [0.5, 0.6) is 23.0 Å². The predicted molar refractivity (Wildman–Crippen MR) is 110 cm³/mol. The molecule has 2 aromatic carbocycles. The fourth-order valence-electron chi connectivity index (χ4n) is 4.05. The highest BCUT2D eigenvalue weighted by Gasteiger charge is 2.44. The van der Waals surface area contributed by atoms with Gasteiger partial charge in [0.25, 0.3) is 0 Å². The minimum absolute atomic E-state index is 0.00686. The Bertz CT molecular complexity index is 1500. The third-order valence-electron chi connectivity index (χ3n) is 5.78. The molecule has 5 rings (SSSR count). The second-order valence-corrected chi connectivity index (χ2v) is 7.73. The number of ether oxygens (including phenoxy) is 3. The smallest absolute Gasteiger partial charge is 0.344 e. The summed E-state index contributed by atoms with van der Waals surface area (Å²) < 4.78 is 27.0. The average Bonchev–Trinajstić information content (AvgIpc) is 2.79. The van der Waals surface area contributed by atoms with Crippen molar-refractivity contribution < 1.29 is 48.6 Å². The lowest BCUT2D eigenvalue weighted by Gasteiger charge is -2.39. The van der Waals surface area contributed by atoms with Gasteiger partial charge in [0.1, 0.15) is 18.3 Å². The minimum Gasteiger partial charge on any atom is -0.504 e. The number of methoxy groups -OCH3 is 1. The molecule has 0 amide bonds. The van der Waals surface area contributed by atoms with E-state index in [-0.39, 0.29) is 38.6 Å². The molecule has 4 aromatic rings. The van der Waals surface area contributed by atoms with Crippen LogP contribution in [0.1, 0.15) is 6.92 Å². The van der Waals surface area contributed by atoms with Gasteiger partial charge in [-0.2, -0.15) is 0 Å². The molecule has 174 valence electrons. The van der Waals surface area contributed by atoms with Gasteiger partial charge in [-0.15, -0.1) is 0 Å². The Kier molecular flexibility index (Phi) is 4.65. The molecule has 5 unspecified atom stereocenters. The molecule has 3 heterocycles. The van der Waals surface area contributed by atoms with Gasteiger partial charge in [0.15, 0.2) is 22.7 Å². The molecule has 1 aliphatic rings. The quantitative estimate of drug-likeness (QED) is 0.157. The van der Waals surface area contributed by atoms with Crippen molar-refractivity contribution in [2.45, 2.75) is 37.6 Å². The normalized spacial score (nSPS) is 25.8. The van der Waals surface area contributed by atoms with Crippen molar-refractivity contribution in [3.63, 3.8) is 0 Å². The van der Waals surface area contributed by atoms with E-state index in [1.807, 2.05) is 0 Å². The van der Waals surface area contributed by atoms with Crippen LogP contribution in [0.4, 0.5) is 0 Å². The van der Waals surface area contributed by atoms with Gasteiger partial charge in [0.05, 0.1) is 24.0 Å². The summed E-state index contributed by atoms with van der Waals surface area (Å²) >= 11 is 0. The zero-order chi connectivity index (χ0) is 23.8. The summed E-state index contributed by atoms with van der Waals surface area (Å²) in [5.74, 6) is -1.77. The van der Waals surface area contributed by atoms with Crippen LogP contribution in [0, 0.1) is 0 Å². The number of rotatable bonds is 3. The molecule has 1 fully saturated rings. The van der Waals surface area contributed by atoms with Crippen LogP contribution in [-0.2, 0) is 4.74 Å². The van der Waals surface area contributed by atoms with E-state index in [0.29, 0.717) is 0 Å². The summed E-state index contributed by atoms with van der Waals surface area (Å²) in [7, 11) is 1.25. The number of phenolic OH excluding ortho intramolecular Hbond substituents is 2. The van der Waals surface area contributed by atoms with Gasteiger partial charge in [-0.25, -0.2) is 9.59 Å². The van der Waals surface area contributed by atoms with E-state index in [9.17, 15) is 35.1 Å². The Hall–Kier alpha value is -3.58. The Morgan fingerprint density at radius 1 is 0.879 bits per heavy atom. The fourth-order valence-corrected chi connectivity index (χ4v) is 4.05. The van der Waals surface area contributed by atoms with E-state index in [4.69, 9.17) is 23.0 Å². The molecule has 33 heavy (non-hydrogen) atoms. The Morgan fingerprint density at radius 2 is 1.48 bits per heavy atom. The molecule has 0 spiro atoms. The average molecular weight is 462 g/mol. The lowest BCUT2D eigenvalue weighted by molar-refractivity contribution is -0.268. The molecule has 1 aliphatic heterocycles.